The zero-order chi connectivity index (χ0) is 15.1. The Hall–Kier alpha value is -1.69. The number of rotatable bonds is 4. The highest BCUT2D eigenvalue weighted by Crippen LogP contribution is 2.32. The van der Waals surface area contributed by atoms with Gasteiger partial charge in [-0.15, -0.1) is 0 Å². The summed E-state index contributed by atoms with van der Waals surface area (Å²) in [4.78, 5) is 0. The lowest BCUT2D eigenvalue weighted by atomic mass is 10.2. The molecule has 0 amide bonds. The van der Waals surface area contributed by atoms with E-state index in [4.69, 9.17) is 9.26 Å². The predicted molar refractivity (Wildman–Crippen MR) is 79.8 cm³/mol. The summed E-state index contributed by atoms with van der Waals surface area (Å²) in [5, 5.41) is 4.37. The number of benzene rings is 1. The first-order valence-corrected chi connectivity index (χ1v) is 7.12. The van der Waals surface area contributed by atoms with Gasteiger partial charge in [-0.05, 0) is 31.5 Å². The summed E-state index contributed by atoms with van der Waals surface area (Å²) < 4.78 is 26.7. The van der Waals surface area contributed by atoms with Gasteiger partial charge in [0.05, 0.1) is 18.5 Å². The molecule has 1 heterocycles. The number of aromatic nitrogens is 1. The van der Waals surface area contributed by atoms with Crippen molar-refractivity contribution in [2.24, 2.45) is 0 Å². The van der Waals surface area contributed by atoms with Crippen LogP contribution in [-0.2, 0) is 0 Å². The van der Waals surface area contributed by atoms with Gasteiger partial charge in [0.1, 0.15) is 0 Å². The van der Waals surface area contributed by atoms with Crippen molar-refractivity contribution in [1.82, 2.24) is 5.16 Å². The lowest BCUT2D eigenvalue weighted by Gasteiger charge is -2.11. The molecule has 0 atom stereocenters. The summed E-state index contributed by atoms with van der Waals surface area (Å²) in [6.07, 6.45) is 0. The second-order valence-electron chi connectivity index (χ2n) is 3.82. The molecule has 0 saturated heterocycles. The maximum atomic E-state index is 13.6. The van der Waals surface area contributed by atoms with Crippen LogP contribution in [0.1, 0.15) is 25.1 Å². The van der Waals surface area contributed by atoms with Crippen LogP contribution >= 0.6 is 11.9 Å². The van der Waals surface area contributed by atoms with E-state index in [2.05, 4.69) is 9.88 Å². The summed E-state index contributed by atoms with van der Waals surface area (Å²) in [5.41, 5.74) is 2.17. The van der Waals surface area contributed by atoms with E-state index in [9.17, 15) is 4.39 Å². The maximum Gasteiger partial charge on any atom is 0.213 e. The van der Waals surface area contributed by atoms with Crippen LogP contribution in [0.3, 0.4) is 0 Å². The van der Waals surface area contributed by atoms with Crippen LogP contribution in [0.2, 0.25) is 0 Å². The lowest BCUT2D eigenvalue weighted by Crippen LogP contribution is -1.96. The van der Waals surface area contributed by atoms with Crippen LogP contribution < -0.4 is 9.46 Å². The summed E-state index contributed by atoms with van der Waals surface area (Å²) in [6, 6.07) is 5.02. The quantitative estimate of drug-likeness (QED) is 0.837. The van der Waals surface area contributed by atoms with Crippen molar-refractivity contribution < 1.29 is 13.7 Å². The summed E-state index contributed by atoms with van der Waals surface area (Å²) >= 11 is 1.22. The Bertz CT molecular complexity index is 558. The van der Waals surface area contributed by atoms with Crippen LogP contribution in [0, 0.1) is 19.7 Å². The first-order valence-electron chi connectivity index (χ1n) is 6.30. The fourth-order valence-electron chi connectivity index (χ4n) is 1.51. The monoisotopic (exact) mass is 298 g/mol. The van der Waals surface area contributed by atoms with Crippen LogP contribution in [-0.4, -0.2) is 12.3 Å². The van der Waals surface area contributed by atoms with Crippen LogP contribution in [0.5, 0.6) is 5.75 Å². The first-order chi connectivity index (χ1) is 9.60. The third-order valence-corrected chi connectivity index (χ3v) is 2.98. The van der Waals surface area contributed by atoms with E-state index in [1.54, 1.807) is 12.1 Å². The molecule has 0 bridgehead atoms. The Balaban J connectivity index is 0.000000956. The van der Waals surface area contributed by atoms with Gasteiger partial charge in [-0.3, -0.25) is 0 Å². The minimum atomic E-state index is -0.394. The third-order valence-electron chi connectivity index (χ3n) is 2.26. The van der Waals surface area contributed by atoms with E-state index in [1.165, 1.54) is 25.1 Å². The molecule has 20 heavy (non-hydrogen) atoms. The molecule has 0 fully saturated rings. The van der Waals surface area contributed by atoms with Crippen molar-refractivity contribution in [1.29, 1.82) is 0 Å². The fraction of sp³-hybridized carbons (Fsp3) is 0.357. The van der Waals surface area contributed by atoms with Gasteiger partial charge in [0, 0.05) is 18.0 Å². The van der Waals surface area contributed by atoms with Crippen molar-refractivity contribution in [2.45, 2.75) is 32.8 Å². The molecule has 0 aliphatic heterocycles. The minimum Gasteiger partial charge on any atom is -0.492 e. The number of methoxy groups -OCH3 is 1. The molecule has 1 N–H and O–H groups in total. The largest absolute Gasteiger partial charge is 0.492 e. The average molecular weight is 298 g/mol. The Morgan fingerprint density at radius 2 is 1.95 bits per heavy atom. The number of nitrogens with zero attached hydrogens (tertiary/aromatic N) is 1. The van der Waals surface area contributed by atoms with E-state index >= 15 is 0 Å². The van der Waals surface area contributed by atoms with Crippen LogP contribution in [0.25, 0.3) is 0 Å². The smallest absolute Gasteiger partial charge is 0.213 e. The van der Waals surface area contributed by atoms with Gasteiger partial charge >= 0.3 is 0 Å². The van der Waals surface area contributed by atoms with Gasteiger partial charge in [0.2, 0.25) is 5.09 Å². The number of ether oxygens (including phenoxy) is 1. The highest BCUT2D eigenvalue weighted by Gasteiger charge is 2.11. The van der Waals surface area contributed by atoms with Crippen molar-refractivity contribution in [3.05, 3.63) is 35.3 Å². The molecule has 2 aromatic rings. The molecule has 0 saturated carbocycles. The van der Waals surface area contributed by atoms with Crippen molar-refractivity contribution in [3.63, 3.8) is 0 Å². The zero-order valence-corrected chi connectivity index (χ0v) is 13.1. The van der Waals surface area contributed by atoms with Gasteiger partial charge < -0.3 is 14.0 Å². The molecule has 6 heteroatoms. The Morgan fingerprint density at radius 1 is 1.25 bits per heavy atom. The highest BCUT2D eigenvalue weighted by molar-refractivity contribution is 8.00. The highest BCUT2D eigenvalue weighted by atomic mass is 32.2. The summed E-state index contributed by atoms with van der Waals surface area (Å²) in [6.45, 7) is 7.65. The number of halogens is 1. The fourth-order valence-corrected chi connectivity index (χ4v) is 2.17. The normalized spacial score (nSPS) is 9.70. The molecule has 0 aliphatic rings. The Morgan fingerprint density at radius 3 is 2.50 bits per heavy atom. The van der Waals surface area contributed by atoms with E-state index in [-0.39, 0.29) is 5.75 Å². The van der Waals surface area contributed by atoms with Gasteiger partial charge in [0.25, 0.3) is 0 Å². The number of anilines is 1. The molecule has 2 rings (SSSR count). The number of aryl methyl sites for hydroxylation is 2. The van der Waals surface area contributed by atoms with Crippen LogP contribution in [0.4, 0.5) is 10.1 Å². The molecule has 1 aromatic heterocycles. The van der Waals surface area contributed by atoms with Crippen LogP contribution in [0.15, 0.2) is 27.8 Å². The standard InChI is InChI=1S/C12H13FN2O2S.C2H6/c1-7-4-9(13)12(16-3)10(5-7)15-18-11-6-8(2)14-17-11;1-2/h4-6,15H,1-3H3;1-2H3. The van der Waals surface area contributed by atoms with Crippen molar-refractivity contribution in [3.8, 4) is 5.75 Å². The lowest BCUT2D eigenvalue weighted by molar-refractivity contribution is 0.347. The average Bonchev–Trinajstić information content (AvgIpc) is 2.84. The third kappa shape index (κ3) is 4.16. The molecule has 110 valence electrons. The minimum absolute atomic E-state index is 0.185. The number of nitrogens with one attached hydrogen (secondary N) is 1. The van der Waals surface area contributed by atoms with Crippen molar-refractivity contribution in [2.75, 3.05) is 11.8 Å². The van der Waals surface area contributed by atoms with E-state index in [1.807, 2.05) is 27.7 Å². The molecule has 0 radical (unpaired) electrons. The second-order valence-corrected chi connectivity index (χ2v) is 4.63. The second kappa shape index (κ2) is 7.79. The predicted octanol–water partition coefficient (Wildman–Crippen LogP) is 4.58. The van der Waals surface area contributed by atoms with E-state index < -0.39 is 5.82 Å². The maximum absolute atomic E-state index is 13.6. The first kappa shape index (κ1) is 16.4. The topological polar surface area (TPSA) is 47.3 Å². The van der Waals surface area contributed by atoms with E-state index in [0.717, 1.165) is 11.3 Å². The SMILES string of the molecule is CC.COc1c(F)cc(C)cc1NSc1cc(C)no1. The Labute approximate surface area is 122 Å². The zero-order valence-electron chi connectivity index (χ0n) is 12.3. The summed E-state index contributed by atoms with van der Waals surface area (Å²) in [7, 11) is 1.43. The van der Waals surface area contributed by atoms with Gasteiger partial charge in [-0.25, -0.2) is 4.39 Å². The van der Waals surface area contributed by atoms with Gasteiger partial charge in [0.15, 0.2) is 11.6 Å². The molecular weight excluding hydrogens is 279 g/mol. The molecule has 1 aromatic carbocycles. The van der Waals surface area contributed by atoms with E-state index in [0.29, 0.717) is 10.8 Å². The van der Waals surface area contributed by atoms with Gasteiger partial charge in [-0.2, -0.15) is 0 Å². The number of hydrogen-bond acceptors (Lipinski definition) is 5. The molecule has 0 aliphatic carbocycles. The molecular formula is C14H19FN2O2S. The molecule has 4 nitrogen and oxygen atoms in total. The Kier molecular flexibility index (Phi) is 6.38. The molecule has 0 spiro atoms. The summed E-state index contributed by atoms with van der Waals surface area (Å²) in [5.74, 6) is -0.210. The molecule has 0 unspecified atom stereocenters. The van der Waals surface area contributed by atoms with Gasteiger partial charge in [-0.1, -0.05) is 19.0 Å². The number of hydrogen-bond donors (Lipinski definition) is 1. The van der Waals surface area contributed by atoms with Crippen molar-refractivity contribution >= 4 is 17.6 Å².